The fourth-order valence-corrected chi connectivity index (χ4v) is 3.33. The quantitative estimate of drug-likeness (QED) is 0.832. The van der Waals surface area contributed by atoms with Crippen LogP contribution in [-0.2, 0) is 6.54 Å². The molecule has 1 fully saturated rings. The normalized spacial score (nSPS) is 17.5. The topological polar surface area (TPSA) is 6.48 Å². The average molecular weight is 298 g/mol. The van der Waals surface area contributed by atoms with Crippen LogP contribution < -0.4 is 0 Å². The van der Waals surface area contributed by atoms with Crippen molar-refractivity contribution in [3.63, 3.8) is 0 Å². The van der Waals surface area contributed by atoms with Crippen LogP contribution in [0.2, 0.25) is 0 Å². The first-order chi connectivity index (χ1) is 10.4. The first-order valence-electron chi connectivity index (χ1n) is 7.57. The zero-order chi connectivity index (χ0) is 14.3. The third-order valence-electron chi connectivity index (χ3n) is 3.92. The Morgan fingerprint density at radius 1 is 0.952 bits per heavy atom. The van der Waals surface area contributed by atoms with Gasteiger partial charge in [0, 0.05) is 39.3 Å². The summed E-state index contributed by atoms with van der Waals surface area (Å²) in [5.74, 6) is 0. The maximum absolute atomic E-state index is 2.56. The van der Waals surface area contributed by atoms with E-state index in [2.05, 4.69) is 69.1 Å². The van der Waals surface area contributed by atoms with E-state index >= 15 is 0 Å². The Kier molecular flexibility index (Phi) is 5.22. The monoisotopic (exact) mass is 298 g/mol. The highest BCUT2D eigenvalue weighted by Gasteiger charge is 2.15. The van der Waals surface area contributed by atoms with Crippen LogP contribution in [0.15, 0.2) is 53.2 Å². The highest BCUT2D eigenvalue weighted by Crippen LogP contribution is 2.11. The van der Waals surface area contributed by atoms with E-state index in [-0.39, 0.29) is 0 Å². The minimum atomic E-state index is 1.06. The van der Waals surface area contributed by atoms with E-state index in [1.165, 1.54) is 37.3 Å². The second-order valence-corrected chi connectivity index (χ2v) is 6.30. The minimum absolute atomic E-state index is 1.06. The maximum atomic E-state index is 2.56. The van der Waals surface area contributed by atoms with Crippen molar-refractivity contribution in [2.24, 2.45) is 0 Å². The van der Waals surface area contributed by atoms with Crippen molar-refractivity contribution < 1.29 is 0 Å². The van der Waals surface area contributed by atoms with Gasteiger partial charge in [0.05, 0.1) is 0 Å². The molecule has 1 aliphatic rings. The molecule has 0 bridgehead atoms. The maximum Gasteiger partial charge on any atom is 0.0243 e. The molecule has 1 saturated heterocycles. The Labute approximate surface area is 131 Å². The van der Waals surface area contributed by atoms with Crippen LogP contribution in [0.4, 0.5) is 0 Å². The molecule has 1 aliphatic heterocycles. The Bertz CT molecular complexity index is 540. The summed E-state index contributed by atoms with van der Waals surface area (Å²) >= 11 is 1.79. The predicted molar refractivity (Wildman–Crippen MR) is 91.5 cm³/mol. The molecule has 3 rings (SSSR count). The summed E-state index contributed by atoms with van der Waals surface area (Å²) in [6.07, 6.45) is 4.50. The molecule has 2 heterocycles. The lowest BCUT2D eigenvalue weighted by molar-refractivity contribution is 0.137. The minimum Gasteiger partial charge on any atom is -0.297 e. The SMILES string of the molecule is C(=C\c1ccccc1)/CN1CCN(Cc2ccsc2)CC1. The molecule has 21 heavy (non-hydrogen) atoms. The molecule has 0 saturated carbocycles. The third-order valence-corrected chi connectivity index (χ3v) is 4.66. The van der Waals surface area contributed by atoms with Gasteiger partial charge in [-0.25, -0.2) is 0 Å². The standard InChI is InChI=1S/C18H22N2S/c1-2-5-17(6-3-1)7-4-9-19-10-12-20(13-11-19)15-18-8-14-21-16-18/h1-8,14,16H,9-13,15H2/b7-4+. The molecule has 0 N–H and O–H groups in total. The van der Waals surface area contributed by atoms with Gasteiger partial charge < -0.3 is 0 Å². The van der Waals surface area contributed by atoms with Gasteiger partial charge in [-0.3, -0.25) is 9.80 Å². The van der Waals surface area contributed by atoms with E-state index in [0.717, 1.165) is 13.1 Å². The van der Waals surface area contributed by atoms with Gasteiger partial charge in [0.15, 0.2) is 0 Å². The second kappa shape index (κ2) is 7.55. The van der Waals surface area contributed by atoms with Gasteiger partial charge in [-0.15, -0.1) is 0 Å². The number of thiophene rings is 1. The Hall–Kier alpha value is -1.42. The Morgan fingerprint density at radius 3 is 2.43 bits per heavy atom. The van der Waals surface area contributed by atoms with Crippen molar-refractivity contribution in [3.8, 4) is 0 Å². The van der Waals surface area contributed by atoms with Crippen LogP contribution in [0.1, 0.15) is 11.1 Å². The van der Waals surface area contributed by atoms with Crippen molar-refractivity contribution in [2.45, 2.75) is 6.54 Å². The van der Waals surface area contributed by atoms with Crippen molar-refractivity contribution in [1.82, 2.24) is 9.80 Å². The van der Waals surface area contributed by atoms with E-state index in [1.54, 1.807) is 11.3 Å². The van der Waals surface area contributed by atoms with Crippen LogP contribution in [0, 0.1) is 0 Å². The van der Waals surface area contributed by atoms with E-state index in [1.807, 2.05) is 0 Å². The zero-order valence-corrected chi connectivity index (χ0v) is 13.1. The number of rotatable bonds is 5. The summed E-state index contributed by atoms with van der Waals surface area (Å²) in [5, 5.41) is 4.43. The lowest BCUT2D eigenvalue weighted by Gasteiger charge is -2.33. The molecule has 0 amide bonds. The van der Waals surface area contributed by atoms with Gasteiger partial charge in [-0.2, -0.15) is 11.3 Å². The summed E-state index contributed by atoms with van der Waals surface area (Å²) in [6, 6.07) is 12.8. The Balaban J connectivity index is 1.40. The molecule has 1 aromatic heterocycles. The van der Waals surface area contributed by atoms with Gasteiger partial charge in [-0.05, 0) is 28.0 Å². The van der Waals surface area contributed by atoms with Gasteiger partial charge in [0.25, 0.3) is 0 Å². The van der Waals surface area contributed by atoms with E-state index in [4.69, 9.17) is 0 Å². The Morgan fingerprint density at radius 2 is 1.71 bits per heavy atom. The van der Waals surface area contributed by atoms with E-state index in [0.29, 0.717) is 0 Å². The van der Waals surface area contributed by atoms with Crippen LogP contribution in [0.3, 0.4) is 0 Å². The fraction of sp³-hybridized carbons (Fsp3) is 0.333. The number of piperazine rings is 1. The number of hydrogen-bond donors (Lipinski definition) is 0. The summed E-state index contributed by atoms with van der Waals surface area (Å²) in [7, 11) is 0. The van der Waals surface area contributed by atoms with Crippen LogP contribution >= 0.6 is 11.3 Å². The lowest BCUT2D eigenvalue weighted by Crippen LogP contribution is -2.45. The number of benzene rings is 1. The number of hydrogen-bond acceptors (Lipinski definition) is 3. The van der Waals surface area contributed by atoms with Crippen LogP contribution in [0.5, 0.6) is 0 Å². The van der Waals surface area contributed by atoms with E-state index in [9.17, 15) is 0 Å². The van der Waals surface area contributed by atoms with Crippen molar-refractivity contribution in [2.75, 3.05) is 32.7 Å². The highest BCUT2D eigenvalue weighted by atomic mass is 32.1. The van der Waals surface area contributed by atoms with Gasteiger partial charge in [0.1, 0.15) is 0 Å². The average Bonchev–Trinajstić information content (AvgIpc) is 3.03. The van der Waals surface area contributed by atoms with Crippen molar-refractivity contribution in [3.05, 3.63) is 64.4 Å². The summed E-state index contributed by atoms with van der Waals surface area (Å²) in [5.41, 5.74) is 2.74. The third kappa shape index (κ3) is 4.53. The molecule has 1 aromatic carbocycles. The molecular weight excluding hydrogens is 276 g/mol. The first kappa shape index (κ1) is 14.5. The van der Waals surface area contributed by atoms with Gasteiger partial charge in [0.2, 0.25) is 0 Å². The molecule has 0 radical (unpaired) electrons. The summed E-state index contributed by atoms with van der Waals surface area (Å²) < 4.78 is 0. The summed E-state index contributed by atoms with van der Waals surface area (Å²) in [4.78, 5) is 5.09. The molecule has 3 heteroatoms. The van der Waals surface area contributed by atoms with Crippen molar-refractivity contribution >= 4 is 17.4 Å². The molecule has 0 aliphatic carbocycles. The molecule has 0 spiro atoms. The fourth-order valence-electron chi connectivity index (χ4n) is 2.67. The lowest BCUT2D eigenvalue weighted by atomic mass is 10.2. The first-order valence-corrected chi connectivity index (χ1v) is 8.52. The molecule has 110 valence electrons. The molecule has 0 unspecified atom stereocenters. The van der Waals surface area contributed by atoms with Crippen LogP contribution in [0.25, 0.3) is 6.08 Å². The zero-order valence-electron chi connectivity index (χ0n) is 12.3. The smallest absolute Gasteiger partial charge is 0.0243 e. The molecular formula is C18H22N2S. The molecule has 2 aromatic rings. The molecule has 0 atom stereocenters. The van der Waals surface area contributed by atoms with Gasteiger partial charge in [-0.1, -0.05) is 42.5 Å². The highest BCUT2D eigenvalue weighted by molar-refractivity contribution is 7.07. The largest absolute Gasteiger partial charge is 0.297 e. The predicted octanol–water partition coefficient (Wildman–Crippen LogP) is 3.58. The summed E-state index contributed by atoms with van der Waals surface area (Å²) in [6.45, 7) is 6.86. The number of nitrogens with zero attached hydrogens (tertiary/aromatic N) is 2. The van der Waals surface area contributed by atoms with Crippen LogP contribution in [-0.4, -0.2) is 42.5 Å². The van der Waals surface area contributed by atoms with E-state index < -0.39 is 0 Å². The van der Waals surface area contributed by atoms with Gasteiger partial charge >= 0.3 is 0 Å². The van der Waals surface area contributed by atoms with Crippen molar-refractivity contribution in [1.29, 1.82) is 0 Å². The second-order valence-electron chi connectivity index (χ2n) is 5.52. The molecule has 2 nitrogen and oxygen atoms in total.